The van der Waals surface area contributed by atoms with Gasteiger partial charge in [-0.05, 0) is 17.7 Å². The van der Waals surface area contributed by atoms with Gasteiger partial charge in [-0.25, -0.2) is 4.39 Å². The predicted molar refractivity (Wildman–Crippen MR) is 55.6 cm³/mol. The molecule has 0 aliphatic heterocycles. The van der Waals surface area contributed by atoms with Crippen LogP contribution < -0.4 is 5.32 Å². The molecule has 0 aliphatic carbocycles. The summed E-state index contributed by atoms with van der Waals surface area (Å²) in [7, 11) is 0. The van der Waals surface area contributed by atoms with Gasteiger partial charge in [0.25, 0.3) is 0 Å². The number of aliphatic carboxylic acids is 1. The first-order valence-corrected chi connectivity index (χ1v) is 4.79. The highest BCUT2D eigenvalue weighted by atomic mass is 35.5. The summed E-state index contributed by atoms with van der Waals surface area (Å²) in [6, 6.07) is 3.08. The lowest BCUT2D eigenvalue weighted by Gasteiger charge is -2.14. The molecule has 0 saturated heterocycles. The molecule has 6 heteroatoms. The first kappa shape index (κ1) is 12.4. The standard InChI is InChI=1S/C10H9ClFNO3/c11-7-3-6(1-2-8(7)12)9(13-5-14)4-10(15)16/h1-3,5,9H,4H2,(H,13,14)(H,15,16)/t9-/m1/s1. The maximum atomic E-state index is 12.9. The lowest BCUT2D eigenvalue weighted by atomic mass is 10.0. The molecule has 2 N–H and O–H groups in total. The van der Waals surface area contributed by atoms with Crippen molar-refractivity contribution >= 4 is 24.0 Å². The van der Waals surface area contributed by atoms with Crippen molar-refractivity contribution in [2.45, 2.75) is 12.5 Å². The largest absolute Gasteiger partial charge is 0.481 e. The number of hydrogen-bond acceptors (Lipinski definition) is 2. The van der Waals surface area contributed by atoms with Crippen molar-refractivity contribution in [2.24, 2.45) is 0 Å². The molecule has 0 aromatic heterocycles. The summed E-state index contributed by atoms with van der Waals surface area (Å²) in [5.74, 6) is -1.66. The van der Waals surface area contributed by atoms with E-state index in [-0.39, 0.29) is 11.4 Å². The van der Waals surface area contributed by atoms with Crippen molar-refractivity contribution in [1.29, 1.82) is 0 Å². The molecule has 0 unspecified atom stereocenters. The van der Waals surface area contributed by atoms with Gasteiger partial charge in [0.2, 0.25) is 6.41 Å². The van der Waals surface area contributed by atoms with Crippen LogP contribution in [0.15, 0.2) is 18.2 Å². The topological polar surface area (TPSA) is 66.4 Å². The lowest BCUT2D eigenvalue weighted by Crippen LogP contribution is -2.22. The summed E-state index contributed by atoms with van der Waals surface area (Å²) in [6.45, 7) is 0. The van der Waals surface area contributed by atoms with E-state index >= 15 is 0 Å². The molecule has 0 aliphatic rings. The summed E-state index contributed by atoms with van der Waals surface area (Å²) >= 11 is 5.56. The minimum atomic E-state index is -1.07. The van der Waals surface area contributed by atoms with Crippen LogP contribution in [0.5, 0.6) is 0 Å². The first-order chi connectivity index (χ1) is 7.54. The summed E-state index contributed by atoms with van der Waals surface area (Å²) in [5.41, 5.74) is 0.445. The van der Waals surface area contributed by atoms with Gasteiger partial charge < -0.3 is 10.4 Å². The molecule has 0 bridgehead atoms. The second kappa shape index (κ2) is 5.46. The Morgan fingerprint density at radius 1 is 1.62 bits per heavy atom. The fourth-order valence-corrected chi connectivity index (χ4v) is 1.45. The van der Waals surface area contributed by atoms with Gasteiger partial charge in [0.15, 0.2) is 0 Å². The number of hydrogen-bond donors (Lipinski definition) is 2. The molecule has 0 spiro atoms. The SMILES string of the molecule is O=CN[C@H](CC(=O)O)c1ccc(F)c(Cl)c1. The number of halogens is 2. The lowest BCUT2D eigenvalue weighted by molar-refractivity contribution is -0.137. The van der Waals surface area contributed by atoms with Crippen LogP contribution in [0.25, 0.3) is 0 Å². The van der Waals surface area contributed by atoms with Crippen molar-refractivity contribution in [3.63, 3.8) is 0 Å². The van der Waals surface area contributed by atoms with Crippen molar-refractivity contribution in [3.05, 3.63) is 34.6 Å². The summed E-state index contributed by atoms with van der Waals surface area (Å²) < 4.78 is 12.9. The monoisotopic (exact) mass is 245 g/mol. The Bertz CT molecular complexity index is 411. The third-order valence-electron chi connectivity index (χ3n) is 1.99. The molecule has 1 amide bonds. The molecule has 0 fully saturated rings. The van der Waals surface area contributed by atoms with Crippen LogP contribution in [0.4, 0.5) is 4.39 Å². The molecule has 1 rings (SSSR count). The molecule has 1 atom stereocenters. The zero-order valence-corrected chi connectivity index (χ0v) is 8.87. The zero-order valence-electron chi connectivity index (χ0n) is 8.11. The molecular formula is C10H9ClFNO3. The van der Waals surface area contributed by atoms with Crippen LogP contribution >= 0.6 is 11.6 Å². The number of carboxylic acids is 1. The summed E-state index contributed by atoms with van der Waals surface area (Å²) in [6.07, 6.45) is 0.103. The number of carbonyl (C=O) groups is 2. The molecule has 0 heterocycles. The van der Waals surface area contributed by atoms with E-state index in [4.69, 9.17) is 16.7 Å². The van der Waals surface area contributed by atoms with Gasteiger partial charge in [-0.2, -0.15) is 0 Å². The minimum absolute atomic E-state index is 0.111. The predicted octanol–water partition coefficient (Wildman–Crippen LogP) is 1.74. The van der Waals surface area contributed by atoms with Gasteiger partial charge in [-0.15, -0.1) is 0 Å². The van der Waals surface area contributed by atoms with Gasteiger partial charge in [0, 0.05) is 0 Å². The van der Waals surface area contributed by atoms with Crippen molar-refractivity contribution < 1.29 is 19.1 Å². The van der Waals surface area contributed by atoms with Crippen molar-refractivity contribution in [2.75, 3.05) is 0 Å². The quantitative estimate of drug-likeness (QED) is 0.777. The van der Waals surface area contributed by atoms with Crippen LogP contribution in [0.1, 0.15) is 18.0 Å². The van der Waals surface area contributed by atoms with Crippen LogP contribution in [0.3, 0.4) is 0 Å². The molecular weight excluding hydrogens is 237 g/mol. The number of benzene rings is 1. The Morgan fingerprint density at radius 2 is 2.31 bits per heavy atom. The maximum absolute atomic E-state index is 12.9. The average Bonchev–Trinajstić information content (AvgIpc) is 2.21. The van der Waals surface area contributed by atoms with E-state index in [9.17, 15) is 14.0 Å². The summed E-state index contributed by atoms with van der Waals surface area (Å²) in [4.78, 5) is 20.9. The summed E-state index contributed by atoms with van der Waals surface area (Å²) in [5, 5.41) is 10.9. The van der Waals surface area contributed by atoms with Crippen LogP contribution in [-0.2, 0) is 9.59 Å². The Morgan fingerprint density at radius 3 is 2.81 bits per heavy atom. The average molecular weight is 246 g/mol. The second-order valence-electron chi connectivity index (χ2n) is 3.11. The third-order valence-corrected chi connectivity index (χ3v) is 2.28. The molecule has 1 aromatic carbocycles. The molecule has 0 saturated carbocycles. The minimum Gasteiger partial charge on any atom is -0.481 e. The van der Waals surface area contributed by atoms with Gasteiger partial charge in [0.1, 0.15) is 5.82 Å². The van der Waals surface area contributed by atoms with Crippen molar-refractivity contribution in [3.8, 4) is 0 Å². The number of nitrogens with one attached hydrogen (secondary N) is 1. The third kappa shape index (κ3) is 3.20. The van der Waals surface area contributed by atoms with Crippen LogP contribution in [0.2, 0.25) is 5.02 Å². The highest BCUT2D eigenvalue weighted by Crippen LogP contribution is 2.22. The Labute approximate surface area is 96.0 Å². The molecule has 1 aromatic rings. The maximum Gasteiger partial charge on any atom is 0.305 e. The van der Waals surface area contributed by atoms with E-state index in [1.807, 2.05) is 0 Å². The Hall–Kier alpha value is -1.62. The molecule has 16 heavy (non-hydrogen) atoms. The zero-order chi connectivity index (χ0) is 12.1. The highest BCUT2D eigenvalue weighted by molar-refractivity contribution is 6.30. The van der Waals surface area contributed by atoms with Crippen LogP contribution in [0, 0.1) is 5.82 Å². The van der Waals surface area contributed by atoms with E-state index in [0.29, 0.717) is 12.0 Å². The first-order valence-electron chi connectivity index (χ1n) is 4.41. The van der Waals surface area contributed by atoms with Gasteiger partial charge in [0.05, 0.1) is 17.5 Å². The van der Waals surface area contributed by atoms with E-state index in [0.717, 1.165) is 6.07 Å². The van der Waals surface area contributed by atoms with Gasteiger partial charge in [-0.1, -0.05) is 17.7 Å². The number of carboxylic acid groups (broad SMARTS) is 1. The highest BCUT2D eigenvalue weighted by Gasteiger charge is 2.15. The fraction of sp³-hybridized carbons (Fsp3) is 0.200. The number of amides is 1. The van der Waals surface area contributed by atoms with E-state index < -0.39 is 17.8 Å². The molecule has 86 valence electrons. The van der Waals surface area contributed by atoms with E-state index in [1.165, 1.54) is 12.1 Å². The number of carbonyl (C=O) groups excluding carboxylic acids is 1. The number of rotatable bonds is 5. The Kier molecular flexibility index (Phi) is 4.25. The smallest absolute Gasteiger partial charge is 0.305 e. The van der Waals surface area contributed by atoms with E-state index in [1.54, 1.807) is 0 Å². The normalized spacial score (nSPS) is 11.9. The Balaban J connectivity index is 2.95. The molecule has 0 radical (unpaired) electrons. The molecule has 4 nitrogen and oxygen atoms in total. The van der Waals surface area contributed by atoms with Gasteiger partial charge >= 0.3 is 5.97 Å². The van der Waals surface area contributed by atoms with Crippen LogP contribution in [-0.4, -0.2) is 17.5 Å². The second-order valence-corrected chi connectivity index (χ2v) is 3.52. The van der Waals surface area contributed by atoms with Gasteiger partial charge in [-0.3, -0.25) is 9.59 Å². The van der Waals surface area contributed by atoms with Crippen molar-refractivity contribution in [1.82, 2.24) is 5.32 Å². The van der Waals surface area contributed by atoms with E-state index in [2.05, 4.69) is 5.32 Å². The fourth-order valence-electron chi connectivity index (χ4n) is 1.26.